The van der Waals surface area contributed by atoms with Crippen LogP contribution >= 0.6 is 11.8 Å². The van der Waals surface area contributed by atoms with Crippen LogP contribution in [0.1, 0.15) is 67.9 Å². The largest absolute Gasteiger partial charge is 0.490 e. The van der Waals surface area contributed by atoms with E-state index in [-0.39, 0.29) is 92.2 Å². The summed E-state index contributed by atoms with van der Waals surface area (Å²) in [5, 5.41) is 5.18. The summed E-state index contributed by atoms with van der Waals surface area (Å²) in [4.78, 5) is 90.7. The highest BCUT2D eigenvalue weighted by Crippen LogP contribution is 2.30. The van der Waals surface area contributed by atoms with E-state index in [0.29, 0.717) is 61.1 Å². The molecule has 0 saturated carbocycles. The molecule has 4 atom stereocenters. The van der Waals surface area contributed by atoms with E-state index in [2.05, 4.69) is 47.9 Å². The lowest BCUT2D eigenvalue weighted by Gasteiger charge is -2.18. The number of fused-ring (bicyclic) bond motifs is 1. The van der Waals surface area contributed by atoms with Crippen molar-refractivity contribution < 1.29 is 85.7 Å². The fraction of sp³-hybridized carbons (Fsp3) is 0.286. The van der Waals surface area contributed by atoms with Crippen molar-refractivity contribution in [1.82, 2.24) is 5.43 Å². The Hall–Kier alpha value is -9.38. The Labute approximate surface area is 495 Å². The Balaban J connectivity index is 0.985. The Morgan fingerprint density at radius 3 is 1.56 bits per heavy atom. The molecule has 1 aliphatic heterocycles. The van der Waals surface area contributed by atoms with E-state index in [4.69, 9.17) is 52.1 Å². The molecule has 1 aliphatic carbocycles. The first-order chi connectivity index (χ1) is 41.3. The van der Waals surface area contributed by atoms with Crippen molar-refractivity contribution in [2.75, 3.05) is 59.5 Å². The van der Waals surface area contributed by atoms with Crippen molar-refractivity contribution >= 4 is 64.9 Å². The van der Waals surface area contributed by atoms with Crippen molar-refractivity contribution in [3.63, 3.8) is 0 Å². The number of nitrogens with zero attached hydrogens (tertiary/aromatic N) is 2. The maximum absolute atomic E-state index is 13.6. The van der Waals surface area contributed by atoms with Crippen LogP contribution in [0.15, 0.2) is 176 Å². The first-order valence-electron chi connectivity index (χ1n) is 26.9. The maximum atomic E-state index is 13.6. The summed E-state index contributed by atoms with van der Waals surface area (Å²) in [5.41, 5.74) is 4.80. The smallest absolute Gasteiger partial charge is 0.343 e. The van der Waals surface area contributed by atoms with Crippen LogP contribution in [0.25, 0.3) is 0 Å². The molecule has 1 N–H and O–H groups in total. The van der Waals surface area contributed by atoms with Crippen LogP contribution in [0, 0.1) is 0 Å². The highest BCUT2D eigenvalue weighted by Gasteiger charge is 2.27. The summed E-state index contributed by atoms with van der Waals surface area (Å²) in [5.74, 6) is -3.10. The van der Waals surface area contributed by atoms with E-state index in [9.17, 15) is 33.6 Å². The van der Waals surface area contributed by atoms with Gasteiger partial charge in [-0.05, 0) is 116 Å². The predicted molar refractivity (Wildman–Crippen MR) is 315 cm³/mol. The van der Waals surface area contributed by atoms with E-state index in [1.165, 1.54) is 66.5 Å². The fourth-order valence-corrected chi connectivity index (χ4v) is 8.50. The molecule has 22 heteroatoms. The Morgan fingerprint density at radius 2 is 1.04 bits per heavy atom. The summed E-state index contributed by atoms with van der Waals surface area (Å²) in [6.45, 7) is 14.6. The molecule has 4 aromatic carbocycles. The molecule has 0 saturated heterocycles. The zero-order chi connectivity index (χ0) is 60.6. The minimum Gasteiger partial charge on any atom is -0.490 e. The van der Waals surface area contributed by atoms with Gasteiger partial charge < -0.3 is 52.1 Å². The number of aliphatic imine (C=N–C) groups is 1. The summed E-state index contributed by atoms with van der Waals surface area (Å²) in [6, 6.07) is 23.3. The van der Waals surface area contributed by atoms with Gasteiger partial charge >= 0.3 is 41.8 Å². The number of carbonyl (C=O) groups is 7. The normalized spacial score (nSPS) is 14.5. The summed E-state index contributed by atoms with van der Waals surface area (Å²) in [6.07, 6.45) is 14.8. The van der Waals surface area contributed by atoms with Gasteiger partial charge in [-0.3, -0.25) is 10.4 Å². The number of thioether (sulfide) groups is 1. The standard InChI is InChI=1S/C63H65N3O18S/c1-5-56(67)76-34-13-11-32-74-39-51(81-58(69)7-3)41-79-48-24-18-45(19-25-48)61(72)83-50-28-22-44(23-29-50)60(71)78-36-31-43-17-30-54(47(37-43)38-64-66-63-65-53-15-9-10-16-55(53)85-63)84-62(73)46-20-26-49(27-21-46)80-42-52(82-59(70)8-4)40-75-33-12-14-35-77-57(68)6-2/h5-10,15-30,37-38,51-53,55H,1-4,11-14,31-36,39-42H2,(H,65,66)/b64-38+. The third-order valence-corrected chi connectivity index (χ3v) is 13.0. The van der Waals surface area contributed by atoms with Crippen molar-refractivity contribution in [1.29, 1.82) is 0 Å². The molecule has 0 radical (unpaired) electrons. The quantitative estimate of drug-likeness (QED) is 0.00852. The Bertz CT molecular complexity index is 3080. The maximum Gasteiger partial charge on any atom is 0.343 e. The molecule has 85 heavy (non-hydrogen) atoms. The molecular weight excluding hydrogens is 1120 g/mol. The van der Waals surface area contributed by atoms with Gasteiger partial charge in [-0.2, -0.15) is 5.10 Å². The number of rotatable bonds is 36. The second-order valence-electron chi connectivity index (χ2n) is 18.2. The minimum absolute atomic E-state index is 0.0115. The molecule has 1 heterocycles. The summed E-state index contributed by atoms with van der Waals surface area (Å²) in [7, 11) is 0. The highest BCUT2D eigenvalue weighted by atomic mass is 32.2. The molecule has 0 amide bonds. The van der Waals surface area contributed by atoms with Gasteiger partial charge in [0.1, 0.15) is 36.2 Å². The lowest BCUT2D eigenvalue weighted by molar-refractivity contribution is -0.148. The molecule has 2 aliphatic rings. The molecule has 0 fully saturated rings. The third kappa shape index (κ3) is 23.1. The second-order valence-corrected chi connectivity index (χ2v) is 19.4. The van der Waals surface area contributed by atoms with Gasteiger partial charge in [-0.15, -0.1) is 0 Å². The van der Waals surface area contributed by atoms with Crippen molar-refractivity contribution in [2.24, 2.45) is 10.1 Å². The van der Waals surface area contributed by atoms with Crippen molar-refractivity contribution in [3.05, 3.63) is 194 Å². The van der Waals surface area contributed by atoms with Crippen LogP contribution in [0.5, 0.6) is 23.0 Å². The third-order valence-electron chi connectivity index (χ3n) is 11.9. The number of hydrogen-bond acceptors (Lipinski definition) is 22. The minimum atomic E-state index is -0.774. The molecule has 0 bridgehead atoms. The number of benzene rings is 4. The number of hydrazone groups is 1. The number of hydrogen-bond donors (Lipinski definition) is 1. The van der Waals surface area contributed by atoms with E-state index < -0.39 is 54.0 Å². The van der Waals surface area contributed by atoms with Gasteiger partial charge in [-0.1, -0.05) is 68.4 Å². The SMILES string of the molecule is C=CC(=O)OCCCCOCC(COc1ccc(C(=O)Oc2ccc(C(=O)OCCc3ccc(OC(=O)c4ccc(OCC(COCCCCOC(=O)C=C)OC(=O)C=C)cc4)c(/C=N/NC4=NC5C=CC=CC5S4)c3)cc2)cc1)OC(=O)C=C. The zero-order valence-corrected chi connectivity index (χ0v) is 47.4. The van der Waals surface area contributed by atoms with Crippen LogP contribution in [0.3, 0.4) is 0 Å². The predicted octanol–water partition coefficient (Wildman–Crippen LogP) is 8.42. The second kappa shape index (κ2) is 35.6. The van der Waals surface area contributed by atoms with Gasteiger partial charge in [0.15, 0.2) is 17.4 Å². The van der Waals surface area contributed by atoms with Gasteiger partial charge in [0.2, 0.25) is 0 Å². The topological polar surface area (TPSA) is 258 Å². The Morgan fingerprint density at radius 1 is 0.541 bits per heavy atom. The molecular formula is C63H65N3O18S. The number of allylic oxidation sites excluding steroid dienone is 2. The molecule has 6 rings (SSSR count). The number of unbranched alkanes of at least 4 members (excludes halogenated alkanes) is 2. The van der Waals surface area contributed by atoms with Gasteiger partial charge in [0.25, 0.3) is 0 Å². The zero-order valence-electron chi connectivity index (χ0n) is 46.5. The first-order valence-corrected chi connectivity index (χ1v) is 27.8. The van der Waals surface area contributed by atoms with E-state index in [1.807, 2.05) is 18.2 Å². The van der Waals surface area contributed by atoms with Gasteiger partial charge in [-0.25, -0.2) is 33.6 Å². The number of carbonyl (C=O) groups excluding carboxylic acids is 7. The molecule has 0 spiro atoms. The van der Waals surface area contributed by atoms with Crippen LogP contribution < -0.4 is 24.4 Å². The van der Waals surface area contributed by atoms with Crippen LogP contribution in [-0.4, -0.2) is 136 Å². The van der Waals surface area contributed by atoms with Crippen molar-refractivity contribution in [3.8, 4) is 23.0 Å². The monoisotopic (exact) mass is 1180 g/mol. The van der Waals surface area contributed by atoms with Crippen molar-refractivity contribution in [2.45, 2.75) is 55.6 Å². The summed E-state index contributed by atoms with van der Waals surface area (Å²) >= 11 is 1.53. The van der Waals surface area contributed by atoms with Crippen LogP contribution in [0.2, 0.25) is 0 Å². The van der Waals surface area contributed by atoms with E-state index >= 15 is 0 Å². The molecule has 21 nitrogen and oxygen atoms in total. The average Bonchev–Trinajstić information content (AvgIpc) is 4.18. The summed E-state index contributed by atoms with van der Waals surface area (Å²) < 4.78 is 60.6. The highest BCUT2D eigenvalue weighted by molar-refractivity contribution is 8.14. The first kappa shape index (κ1) is 64.8. The molecule has 4 aromatic rings. The number of amidine groups is 1. The van der Waals surface area contributed by atoms with E-state index in [0.717, 1.165) is 29.9 Å². The van der Waals surface area contributed by atoms with E-state index in [1.54, 1.807) is 42.5 Å². The number of nitrogens with one attached hydrogen (secondary N) is 1. The number of ether oxygens (including phenoxy) is 11. The molecule has 446 valence electrons. The van der Waals surface area contributed by atoms with Crippen LogP contribution in [-0.2, 0) is 58.8 Å². The lowest BCUT2D eigenvalue weighted by Crippen LogP contribution is -2.29. The molecule has 4 unspecified atom stereocenters. The Kier molecular flexibility index (Phi) is 27.1. The van der Waals surface area contributed by atoms with Gasteiger partial charge in [0.05, 0.1) is 67.2 Å². The molecule has 0 aromatic heterocycles. The average molecular weight is 1180 g/mol. The van der Waals surface area contributed by atoms with Crippen LogP contribution in [0.4, 0.5) is 0 Å². The number of esters is 7. The lowest BCUT2D eigenvalue weighted by atomic mass is 10.1. The van der Waals surface area contributed by atoms with Gasteiger partial charge in [0, 0.05) is 49.5 Å². The fourth-order valence-electron chi connectivity index (χ4n) is 7.50.